The fraction of sp³-hybridized carbons (Fsp3) is 0.417. The molecule has 5 rings (SSSR count). The van der Waals surface area contributed by atoms with Gasteiger partial charge in [0.1, 0.15) is 11.5 Å². The molecule has 0 spiro atoms. The second kappa shape index (κ2) is 9.63. The Morgan fingerprint density at radius 1 is 0.912 bits per heavy atom. The summed E-state index contributed by atoms with van der Waals surface area (Å²) in [7, 11) is 0. The SMILES string of the molecule is FC(F)(F)c1cc(-c2nc(-c3cccnc3)cc(N3CCC(N4CCOCC4)CC3)n2)ccn1. The summed E-state index contributed by atoms with van der Waals surface area (Å²) in [6.07, 6.45) is 1.95. The van der Waals surface area contributed by atoms with Gasteiger partial charge in [0, 0.05) is 68.0 Å². The average molecular weight is 470 g/mol. The fourth-order valence-electron chi connectivity index (χ4n) is 4.52. The smallest absolute Gasteiger partial charge is 0.379 e. The Kier molecular flexibility index (Phi) is 6.42. The summed E-state index contributed by atoms with van der Waals surface area (Å²) in [6, 6.07) is 8.58. The van der Waals surface area contributed by atoms with Crippen molar-refractivity contribution < 1.29 is 17.9 Å². The lowest BCUT2D eigenvalue weighted by Gasteiger charge is -2.40. The average Bonchev–Trinajstić information content (AvgIpc) is 2.89. The zero-order chi connectivity index (χ0) is 23.5. The highest BCUT2D eigenvalue weighted by Crippen LogP contribution is 2.32. The lowest BCUT2D eigenvalue weighted by atomic mass is 10.0. The Bertz CT molecular complexity index is 1110. The van der Waals surface area contributed by atoms with E-state index in [2.05, 4.69) is 29.7 Å². The van der Waals surface area contributed by atoms with Gasteiger partial charge in [-0.2, -0.15) is 13.2 Å². The van der Waals surface area contributed by atoms with Crippen LogP contribution in [0.1, 0.15) is 18.5 Å². The molecular formula is C24H25F3N6O. The standard InChI is InChI=1S/C24H25F3N6O/c25-24(26,27)21-14-17(3-7-29-21)23-30-20(18-2-1-6-28-16-18)15-22(31-23)33-8-4-19(5-9-33)32-10-12-34-13-11-32/h1-3,6-7,14-16,19H,4-5,8-13H2. The molecule has 0 bridgehead atoms. The van der Waals surface area contributed by atoms with Crippen LogP contribution < -0.4 is 4.90 Å². The van der Waals surface area contributed by atoms with E-state index in [1.165, 1.54) is 6.07 Å². The van der Waals surface area contributed by atoms with Gasteiger partial charge in [0.15, 0.2) is 5.82 Å². The number of ether oxygens (including phenoxy) is 1. The number of morpholine rings is 1. The van der Waals surface area contributed by atoms with Crippen LogP contribution in [0, 0.1) is 0 Å². The van der Waals surface area contributed by atoms with Gasteiger partial charge in [0.25, 0.3) is 0 Å². The summed E-state index contributed by atoms with van der Waals surface area (Å²) in [5.74, 6) is 0.939. The maximum absolute atomic E-state index is 13.3. The Morgan fingerprint density at radius 2 is 1.71 bits per heavy atom. The van der Waals surface area contributed by atoms with Gasteiger partial charge in [0.05, 0.1) is 18.9 Å². The molecule has 7 nitrogen and oxygen atoms in total. The normalized spacial score (nSPS) is 18.3. The summed E-state index contributed by atoms with van der Waals surface area (Å²) in [4.78, 5) is 21.6. The molecular weight excluding hydrogens is 445 g/mol. The van der Waals surface area contributed by atoms with Crippen molar-refractivity contribution in [3.8, 4) is 22.6 Å². The zero-order valence-corrected chi connectivity index (χ0v) is 18.6. The molecule has 2 aliphatic rings. The van der Waals surface area contributed by atoms with E-state index >= 15 is 0 Å². The highest BCUT2D eigenvalue weighted by atomic mass is 19.4. The van der Waals surface area contributed by atoms with Crippen LogP contribution >= 0.6 is 0 Å². The summed E-state index contributed by atoms with van der Waals surface area (Å²) >= 11 is 0. The predicted octanol–water partition coefficient (Wildman–Crippen LogP) is 3.92. The molecule has 2 saturated heterocycles. The first-order valence-electron chi connectivity index (χ1n) is 11.4. The summed E-state index contributed by atoms with van der Waals surface area (Å²) < 4.78 is 45.2. The highest BCUT2D eigenvalue weighted by Gasteiger charge is 2.33. The van der Waals surface area contributed by atoms with Crippen molar-refractivity contribution in [3.05, 3.63) is 54.6 Å². The molecule has 178 valence electrons. The van der Waals surface area contributed by atoms with E-state index in [0.29, 0.717) is 17.6 Å². The zero-order valence-electron chi connectivity index (χ0n) is 18.6. The molecule has 0 amide bonds. The van der Waals surface area contributed by atoms with Gasteiger partial charge in [-0.25, -0.2) is 9.97 Å². The van der Waals surface area contributed by atoms with Crippen molar-refractivity contribution >= 4 is 5.82 Å². The fourth-order valence-corrected chi connectivity index (χ4v) is 4.52. The van der Waals surface area contributed by atoms with E-state index in [1.54, 1.807) is 18.5 Å². The van der Waals surface area contributed by atoms with Crippen LogP contribution in [0.5, 0.6) is 0 Å². The first-order chi connectivity index (χ1) is 16.5. The molecule has 0 aromatic carbocycles. The van der Waals surface area contributed by atoms with Crippen molar-refractivity contribution in [3.63, 3.8) is 0 Å². The Morgan fingerprint density at radius 3 is 2.41 bits per heavy atom. The maximum Gasteiger partial charge on any atom is 0.433 e. The molecule has 0 aliphatic carbocycles. The number of nitrogens with zero attached hydrogens (tertiary/aromatic N) is 6. The summed E-state index contributed by atoms with van der Waals surface area (Å²) in [6.45, 7) is 5.09. The largest absolute Gasteiger partial charge is 0.433 e. The van der Waals surface area contributed by atoms with Crippen LogP contribution in [0.25, 0.3) is 22.6 Å². The third-order valence-corrected chi connectivity index (χ3v) is 6.33. The van der Waals surface area contributed by atoms with E-state index in [0.717, 1.165) is 70.1 Å². The van der Waals surface area contributed by atoms with E-state index in [4.69, 9.17) is 4.74 Å². The number of aromatic nitrogens is 4. The molecule has 34 heavy (non-hydrogen) atoms. The molecule has 3 aromatic rings. The van der Waals surface area contributed by atoms with Crippen LogP contribution in [0.15, 0.2) is 48.9 Å². The lowest BCUT2D eigenvalue weighted by molar-refractivity contribution is -0.141. The first-order valence-corrected chi connectivity index (χ1v) is 11.4. The summed E-state index contributed by atoms with van der Waals surface area (Å²) in [5, 5.41) is 0. The molecule has 2 aliphatic heterocycles. The second-order valence-electron chi connectivity index (χ2n) is 8.47. The van der Waals surface area contributed by atoms with Crippen LogP contribution in [-0.4, -0.2) is 70.3 Å². The van der Waals surface area contributed by atoms with E-state index in [9.17, 15) is 13.2 Å². The molecule has 5 heterocycles. The van der Waals surface area contributed by atoms with Gasteiger partial charge in [-0.3, -0.25) is 14.9 Å². The number of halogens is 3. The van der Waals surface area contributed by atoms with Crippen molar-refractivity contribution in [2.75, 3.05) is 44.3 Å². The number of pyridine rings is 2. The van der Waals surface area contributed by atoms with E-state index in [1.807, 2.05) is 12.1 Å². The first kappa shape index (κ1) is 22.7. The quantitative estimate of drug-likeness (QED) is 0.573. The third kappa shape index (κ3) is 5.02. The molecule has 10 heteroatoms. The molecule has 2 fully saturated rings. The third-order valence-electron chi connectivity index (χ3n) is 6.33. The Hall–Kier alpha value is -3.11. The molecule has 0 N–H and O–H groups in total. The van der Waals surface area contributed by atoms with Crippen molar-refractivity contribution in [1.29, 1.82) is 0 Å². The molecule has 0 unspecified atom stereocenters. The molecule has 3 aromatic heterocycles. The molecule has 0 saturated carbocycles. The van der Waals surface area contributed by atoms with Gasteiger partial charge in [-0.15, -0.1) is 0 Å². The topological polar surface area (TPSA) is 67.3 Å². The van der Waals surface area contributed by atoms with Gasteiger partial charge < -0.3 is 9.64 Å². The van der Waals surface area contributed by atoms with Crippen LogP contribution in [0.4, 0.5) is 19.0 Å². The number of piperidine rings is 1. The minimum Gasteiger partial charge on any atom is -0.379 e. The number of hydrogen-bond acceptors (Lipinski definition) is 7. The van der Waals surface area contributed by atoms with Crippen LogP contribution in [0.2, 0.25) is 0 Å². The number of anilines is 1. The Labute approximate surface area is 195 Å². The Balaban J connectivity index is 1.46. The minimum atomic E-state index is -4.54. The number of alkyl halides is 3. The van der Waals surface area contributed by atoms with Crippen molar-refractivity contribution in [2.24, 2.45) is 0 Å². The predicted molar refractivity (Wildman–Crippen MR) is 121 cm³/mol. The van der Waals surface area contributed by atoms with Gasteiger partial charge in [-0.1, -0.05) is 0 Å². The van der Waals surface area contributed by atoms with Gasteiger partial charge in [0.2, 0.25) is 0 Å². The van der Waals surface area contributed by atoms with Crippen LogP contribution in [-0.2, 0) is 10.9 Å². The minimum absolute atomic E-state index is 0.236. The van der Waals surface area contributed by atoms with Crippen molar-refractivity contribution in [2.45, 2.75) is 25.1 Å². The lowest BCUT2D eigenvalue weighted by Crippen LogP contribution is -2.49. The summed E-state index contributed by atoms with van der Waals surface area (Å²) in [5.41, 5.74) is 0.709. The molecule has 0 atom stereocenters. The molecule has 0 radical (unpaired) electrons. The number of hydrogen-bond donors (Lipinski definition) is 0. The van der Waals surface area contributed by atoms with Crippen LogP contribution in [0.3, 0.4) is 0 Å². The highest BCUT2D eigenvalue weighted by molar-refractivity contribution is 5.67. The van der Waals surface area contributed by atoms with E-state index < -0.39 is 11.9 Å². The van der Waals surface area contributed by atoms with Crippen molar-refractivity contribution in [1.82, 2.24) is 24.8 Å². The van der Waals surface area contributed by atoms with E-state index in [-0.39, 0.29) is 11.4 Å². The van der Waals surface area contributed by atoms with Gasteiger partial charge in [-0.05, 0) is 37.1 Å². The van der Waals surface area contributed by atoms with Gasteiger partial charge >= 0.3 is 6.18 Å². The second-order valence-corrected chi connectivity index (χ2v) is 8.47. The number of rotatable bonds is 4. The monoisotopic (exact) mass is 470 g/mol. The maximum atomic E-state index is 13.3.